The number of unbranched alkanes of at least 4 members (excludes halogenated alkanes) is 1. The van der Waals surface area contributed by atoms with Crippen molar-refractivity contribution in [3.05, 3.63) is 59.3 Å². The Hall–Kier alpha value is -3.22. The molecule has 2 aromatic rings. The van der Waals surface area contributed by atoms with Gasteiger partial charge in [-0.2, -0.15) is 0 Å². The van der Waals surface area contributed by atoms with Gasteiger partial charge in [-0.05, 0) is 62.1 Å². The van der Waals surface area contributed by atoms with Gasteiger partial charge in [-0.15, -0.1) is 0 Å². The fraction of sp³-hybridized carbons (Fsp3) is 0.462. The molecule has 2 amide bonds. The Labute approximate surface area is 195 Å². The van der Waals surface area contributed by atoms with Crippen LogP contribution in [0.3, 0.4) is 0 Å². The van der Waals surface area contributed by atoms with E-state index in [0.29, 0.717) is 32.2 Å². The van der Waals surface area contributed by atoms with Crippen LogP contribution in [-0.4, -0.2) is 42.2 Å². The third-order valence-electron chi connectivity index (χ3n) is 5.81. The van der Waals surface area contributed by atoms with Crippen molar-refractivity contribution in [1.82, 2.24) is 15.6 Å². The third kappa shape index (κ3) is 8.67. The largest absolute Gasteiger partial charge is 0.370 e. The van der Waals surface area contributed by atoms with Gasteiger partial charge in [0.25, 0.3) is 0 Å². The zero-order chi connectivity index (χ0) is 23.3. The number of rotatable bonds is 13. The first-order chi connectivity index (χ1) is 16.1. The fourth-order valence-corrected chi connectivity index (χ4v) is 3.91. The summed E-state index contributed by atoms with van der Waals surface area (Å²) in [5, 5.41) is 8.92. The van der Waals surface area contributed by atoms with Gasteiger partial charge in [-0.1, -0.05) is 36.4 Å². The molecule has 1 aliphatic rings. The van der Waals surface area contributed by atoms with Gasteiger partial charge in [0.2, 0.25) is 11.8 Å². The number of amides is 2. The first-order valence-corrected chi connectivity index (χ1v) is 11.9. The first kappa shape index (κ1) is 24.4. The number of aryl methyl sites for hydroxylation is 3. The molecule has 1 aliphatic heterocycles. The number of pyridine rings is 1. The molecule has 0 radical (unpaired) electrons. The lowest BCUT2D eigenvalue weighted by atomic mass is 10.1. The molecule has 3 rings (SSSR count). The van der Waals surface area contributed by atoms with Crippen LogP contribution in [0, 0.1) is 0 Å². The minimum Gasteiger partial charge on any atom is -0.370 e. The second-order valence-corrected chi connectivity index (χ2v) is 8.48. The van der Waals surface area contributed by atoms with Crippen LogP contribution in [-0.2, 0) is 33.6 Å². The van der Waals surface area contributed by atoms with Crippen LogP contribution >= 0.6 is 0 Å². The minimum absolute atomic E-state index is 0.0323. The molecule has 1 atom stereocenters. The Balaban J connectivity index is 1.26. The predicted octanol–water partition coefficient (Wildman–Crippen LogP) is 2.98. The highest BCUT2D eigenvalue weighted by molar-refractivity contribution is 5.80. The average Bonchev–Trinajstić information content (AvgIpc) is 2.85. The molecule has 176 valence electrons. The molecule has 0 bridgehead atoms. The summed E-state index contributed by atoms with van der Waals surface area (Å²) in [7, 11) is 0. The van der Waals surface area contributed by atoms with Gasteiger partial charge in [0.1, 0.15) is 12.1 Å². The van der Waals surface area contributed by atoms with E-state index in [1.807, 2.05) is 30.3 Å². The second kappa shape index (κ2) is 13.4. The SMILES string of the molecule is O=CC(CCNC(=O)CCCCc1ccc2c(n1)NCCC2)NC(=O)CCc1ccccc1. The van der Waals surface area contributed by atoms with Gasteiger partial charge in [0.15, 0.2) is 0 Å². The van der Waals surface area contributed by atoms with E-state index in [1.165, 1.54) is 5.56 Å². The van der Waals surface area contributed by atoms with Crippen LogP contribution in [0.15, 0.2) is 42.5 Å². The summed E-state index contributed by atoms with van der Waals surface area (Å²) in [6, 6.07) is 13.4. The van der Waals surface area contributed by atoms with Crippen molar-refractivity contribution in [3.63, 3.8) is 0 Å². The number of hydrogen-bond acceptors (Lipinski definition) is 5. The molecule has 7 nitrogen and oxygen atoms in total. The predicted molar refractivity (Wildman–Crippen MR) is 129 cm³/mol. The second-order valence-electron chi connectivity index (χ2n) is 8.48. The third-order valence-corrected chi connectivity index (χ3v) is 5.81. The Bertz CT molecular complexity index is 917. The van der Waals surface area contributed by atoms with Crippen LogP contribution in [0.2, 0.25) is 0 Å². The van der Waals surface area contributed by atoms with Crippen molar-refractivity contribution in [1.29, 1.82) is 0 Å². The Morgan fingerprint density at radius 3 is 2.70 bits per heavy atom. The number of aromatic nitrogens is 1. The zero-order valence-corrected chi connectivity index (χ0v) is 19.1. The van der Waals surface area contributed by atoms with Crippen molar-refractivity contribution in [2.75, 3.05) is 18.4 Å². The summed E-state index contributed by atoms with van der Waals surface area (Å²) in [6.45, 7) is 1.34. The van der Waals surface area contributed by atoms with E-state index in [1.54, 1.807) is 0 Å². The van der Waals surface area contributed by atoms with Crippen molar-refractivity contribution in [2.45, 2.75) is 63.8 Å². The van der Waals surface area contributed by atoms with Crippen molar-refractivity contribution < 1.29 is 14.4 Å². The number of aldehydes is 1. The maximum absolute atomic E-state index is 12.1. The summed E-state index contributed by atoms with van der Waals surface area (Å²) in [4.78, 5) is 40.1. The highest BCUT2D eigenvalue weighted by Crippen LogP contribution is 2.20. The summed E-state index contributed by atoms with van der Waals surface area (Å²) < 4.78 is 0. The smallest absolute Gasteiger partial charge is 0.220 e. The zero-order valence-electron chi connectivity index (χ0n) is 19.1. The molecule has 1 aromatic carbocycles. The van der Waals surface area contributed by atoms with Gasteiger partial charge in [0.05, 0.1) is 6.04 Å². The standard InChI is InChI=1S/C26H34N4O3/c31-19-23(29-25(33)15-12-20-7-2-1-3-8-20)16-18-27-24(32)11-5-4-10-22-14-13-21-9-6-17-28-26(21)30-22/h1-3,7-8,13-14,19,23H,4-6,9-12,15-18H2,(H,27,32)(H,28,30)(H,29,33). The molecule has 1 aromatic heterocycles. The monoisotopic (exact) mass is 450 g/mol. The molecule has 0 fully saturated rings. The van der Waals surface area contributed by atoms with Gasteiger partial charge in [-0.3, -0.25) is 9.59 Å². The topological polar surface area (TPSA) is 100 Å². The molecule has 7 heteroatoms. The van der Waals surface area contributed by atoms with Crippen LogP contribution in [0.1, 0.15) is 55.3 Å². The molecular weight excluding hydrogens is 416 g/mol. The van der Waals surface area contributed by atoms with Crippen LogP contribution in [0.5, 0.6) is 0 Å². The van der Waals surface area contributed by atoms with E-state index in [2.05, 4.69) is 33.1 Å². The van der Waals surface area contributed by atoms with Crippen molar-refractivity contribution >= 4 is 23.9 Å². The lowest BCUT2D eigenvalue weighted by Gasteiger charge is -2.17. The number of benzene rings is 1. The number of carbonyl (C=O) groups excluding carboxylic acids is 3. The van der Waals surface area contributed by atoms with Crippen molar-refractivity contribution in [2.24, 2.45) is 0 Å². The van der Waals surface area contributed by atoms with E-state index in [4.69, 9.17) is 0 Å². The summed E-state index contributed by atoms with van der Waals surface area (Å²) >= 11 is 0. The average molecular weight is 451 g/mol. The van der Waals surface area contributed by atoms with Gasteiger partial charge in [-0.25, -0.2) is 4.98 Å². The van der Waals surface area contributed by atoms with Gasteiger partial charge >= 0.3 is 0 Å². The molecule has 3 N–H and O–H groups in total. The van der Waals surface area contributed by atoms with E-state index in [9.17, 15) is 14.4 Å². The van der Waals surface area contributed by atoms with Crippen LogP contribution < -0.4 is 16.0 Å². The number of anilines is 1. The van der Waals surface area contributed by atoms with Gasteiger partial charge in [0, 0.05) is 31.6 Å². The Kier molecular flexibility index (Phi) is 9.88. The van der Waals surface area contributed by atoms with Crippen molar-refractivity contribution in [3.8, 4) is 0 Å². The highest BCUT2D eigenvalue weighted by atomic mass is 16.2. The van der Waals surface area contributed by atoms with Crippen LogP contribution in [0.4, 0.5) is 5.82 Å². The van der Waals surface area contributed by atoms with Gasteiger partial charge < -0.3 is 20.7 Å². The first-order valence-electron chi connectivity index (χ1n) is 11.9. The molecule has 33 heavy (non-hydrogen) atoms. The number of hydrogen-bond donors (Lipinski definition) is 3. The molecule has 1 unspecified atom stereocenters. The van der Waals surface area contributed by atoms with E-state index >= 15 is 0 Å². The van der Waals surface area contributed by atoms with Crippen LogP contribution in [0.25, 0.3) is 0 Å². The molecule has 2 heterocycles. The lowest BCUT2D eigenvalue weighted by Crippen LogP contribution is -2.39. The molecule has 0 saturated carbocycles. The Morgan fingerprint density at radius 2 is 1.88 bits per heavy atom. The highest BCUT2D eigenvalue weighted by Gasteiger charge is 2.13. The number of carbonyl (C=O) groups is 3. The number of nitrogens with zero attached hydrogens (tertiary/aromatic N) is 1. The minimum atomic E-state index is -0.586. The fourth-order valence-electron chi connectivity index (χ4n) is 3.91. The number of nitrogens with one attached hydrogen (secondary N) is 3. The van der Waals surface area contributed by atoms with E-state index in [0.717, 1.165) is 62.0 Å². The molecule has 0 aliphatic carbocycles. The maximum Gasteiger partial charge on any atom is 0.220 e. The Morgan fingerprint density at radius 1 is 1.03 bits per heavy atom. The lowest BCUT2D eigenvalue weighted by molar-refractivity contribution is -0.124. The summed E-state index contributed by atoms with van der Waals surface area (Å²) in [5.41, 5.74) is 3.42. The molecule has 0 spiro atoms. The molecule has 0 saturated heterocycles. The summed E-state index contributed by atoms with van der Waals surface area (Å²) in [5.74, 6) is 0.816. The van der Waals surface area contributed by atoms with E-state index in [-0.39, 0.29) is 11.8 Å². The molecular formula is C26H34N4O3. The van der Waals surface area contributed by atoms with E-state index < -0.39 is 6.04 Å². The number of fused-ring (bicyclic) bond motifs is 1. The quantitative estimate of drug-likeness (QED) is 0.322. The normalized spacial score (nSPS) is 13.3. The summed E-state index contributed by atoms with van der Waals surface area (Å²) in [6.07, 6.45) is 7.28. The maximum atomic E-state index is 12.1.